The van der Waals surface area contributed by atoms with E-state index in [2.05, 4.69) is 0 Å². The molecule has 0 saturated heterocycles. The molecule has 0 spiro atoms. The van der Waals surface area contributed by atoms with E-state index in [0.717, 1.165) is 27.3 Å². The number of allylic oxidation sites excluding steroid dienone is 6. The van der Waals surface area contributed by atoms with Gasteiger partial charge in [-0.1, -0.05) is 57.2 Å². The molecule has 24 heteroatoms. The number of rotatable bonds is 17. The van der Waals surface area contributed by atoms with Crippen LogP contribution < -0.4 is 4.90 Å². The second-order valence-corrected chi connectivity index (χ2v) is 23.9. The molecule has 0 unspecified atom stereocenters. The van der Waals surface area contributed by atoms with Crippen LogP contribution in [0.5, 0.6) is 0 Å². The predicted octanol–water partition coefficient (Wildman–Crippen LogP) is 5.48. The Morgan fingerprint density at radius 2 is 1.43 bits per heavy atom. The first-order valence-electron chi connectivity index (χ1n) is 20.9. The van der Waals surface area contributed by atoms with Gasteiger partial charge in [-0.2, -0.15) is 21.4 Å². The summed E-state index contributed by atoms with van der Waals surface area (Å²) in [6, 6.07) is 13.6. The first kappa shape index (κ1) is 53.8. The van der Waals surface area contributed by atoms with E-state index in [9.17, 15) is 52.1 Å². The summed E-state index contributed by atoms with van der Waals surface area (Å²) in [7, 11) is -20.1. The predicted molar refractivity (Wildman–Crippen MR) is 253 cm³/mol. The number of benzene rings is 4. The van der Waals surface area contributed by atoms with Crippen LogP contribution >= 0.6 is 0 Å². The summed E-state index contributed by atoms with van der Waals surface area (Å²) in [5.74, 6) is -1.62. The van der Waals surface area contributed by atoms with Crippen molar-refractivity contribution < 1.29 is 74.4 Å². The summed E-state index contributed by atoms with van der Waals surface area (Å²) in [5.41, 5.74) is 2.67. The number of carboxylic acids is 1. The van der Waals surface area contributed by atoms with Crippen LogP contribution in [0.2, 0.25) is 0 Å². The molecule has 68 heavy (non-hydrogen) atoms. The van der Waals surface area contributed by atoms with Crippen molar-refractivity contribution >= 4 is 95.6 Å². The average molecular weight is 1040 g/mol. The van der Waals surface area contributed by atoms with E-state index in [1.807, 2.05) is 62.3 Å². The Balaban J connectivity index is 0.00000208. The van der Waals surface area contributed by atoms with Crippen LogP contribution in [0.25, 0.3) is 21.5 Å². The monoisotopic (exact) mass is 1040 g/mol. The molecule has 0 atom stereocenters. The average Bonchev–Trinajstić information content (AvgIpc) is 3.56. The van der Waals surface area contributed by atoms with Gasteiger partial charge >= 0.3 is 16.6 Å². The van der Waals surface area contributed by atoms with Gasteiger partial charge in [0.25, 0.3) is 20.2 Å². The highest BCUT2D eigenvalue weighted by atomic mass is 32.2. The van der Waals surface area contributed by atoms with Crippen molar-refractivity contribution in [3.05, 3.63) is 102 Å². The van der Waals surface area contributed by atoms with Gasteiger partial charge in [-0.15, -0.1) is 12.6 Å². The Hall–Kier alpha value is -5.18. The Labute approximate surface area is 397 Å². The van der Waals surface area contributed by atoms with Crippen LogP contribution in [-0.2, 0) is 66.6 Å². The van der Waals surface area contributed by atoms with E-state index in [1.54, 1.807) is 42.5 Å². The molecule has 0 aliphatic carbocycles. The molecule has 3 N–H and O–H groups in total. The molecule has 6 rings (SSSR count). The van der Waals surface area contributed by atoms with Gasteiger partial charge in [0, 0.05) is 84.0 Å². The van der Waals surface area contributed by atoms with Crippen LogP contribution in [0, 0.1) is 0 Å². The van der Waals surface area contributed by atoms with Crippen LogP contribution in [0.15, 0.2) is 105 Å². The lowest BCUT2D eigenvalue weighted by molar-refractivity contribution is -0.437. The maximum absolute atomic E-state index is 13.9. The second-order valence-electron chi connectivity index (χ2n) is 17.1. The Kier molecular flexibility index (Phi) is 15.8. The van der Waals surface area contributed by atoms with Crippen molar-refractivity contribution in [2.75, 3.05) is 37.3 Å². The molecule has 0 saturated carbocycles. The van der Waals surface area contributed by atoms with Gasteiger partial charge in [0.2, 0.25) is 15.7 Å². The molecule has 2 heterocycles. The van der Waals surface area contributed by atoms with E-state index in [4.69, 9.17) is 17.7 Å². The van der Waals surface area contributed by atoms with Gasteiger partial charge in [-0.25, -0.2) is 21.1 Å². The summed E-state index contributed by atoms with van der Waals surface area (Å²) >= 11 is 0. The largest absolute Gasteiger partial charge is 0.748 e. The topological polar surface area (TPSA) is 298 Å². The number of sulfonamides is 1. The summed E-state index contributed by atoms with van der Waals surface area (Å²) in [5, 5.41) is 10.5. The first-order valence-corrected chi connectivity index (χ1v) is 27.8. The number of carboxylic acid groups (broad SMARTS) is 1. The highest BCUT2D eigenvalue weighted by Gasteiger charge is 2.46. The highest BCUT2D eigenvalue weighted by Crippen LogP contribution is 2.52. The van der Waals surface area contributed by atoms with E-state index in [-0.39, 0.29) is 48.0 Å². The molecule has 4 aromatic rings. The minimum absolute atomic E-state index is 0.00145. The van der Waals surface area contributed by atoms with E-state index in [1.165, 1.54) is 25.2 Å². The van der Waals surface area contributed by atoms with Gasteiger partial charge in [0.15, 0.2) is 5.71 Å². The molecule has 2 aliphatic heterocycles. The Morgan fingerprint density at radius 3 is 2.01 bits per heavy atom. The summed E-state index contributed by atoms with van der Waals surface area (Å²) in [4.78, 5) is 11.7. The fourth-order valence-electron chi connectivity index (χ4n) is 9.02. The van der Waals surface area contributed by atoms with Gasteiger partial charge in [-0.05, 0) is 79.4 Å². The fourth-order valence-corrected chi connectivity index (χ4v) is 12.3. The highest BCUT2D eigenvalue weighted by molar-refractivity contribution is 7.89. The minimum atomic E-state index is -4.91. The molecular formula is C44H51N3O16S5. The number of nitrogens with zero attached hydrogens (tertiary/aromatic N) is 3. The fraction of sp³-hybridized carbons (Fsp3) is 0.364. The molecule has 368 valence electrons. The van der Waals surface area contributed by atoms with Gasteiger partial charge < -0.3 is 14.6 Å². The zero-order valence-electron chi connectivity index (χ0n) is 37.8. The lowest BCUT2D eigenvalue weighted by atomic mass is 9.79. The Morgan fingerprint density at radius 1 is 0.794 bits per heavy atom. The van der Waals surface area contributed by atoms with Crippen molar-refractivity contribution in [1.82, 2.24) is 4.31 Å². The SMILES string of the molecule is CCC[N+]1=C(C=CC=CC=C2N(CCCS(=O)(=O)[O-])c3ccc4c(S(=O)(=O)N(C)CCCC(=O)O)cccc4c3C2(C)C)C(C)(C)c2c1ccc1c(S(=O)(=O)O)cc(S(=O)(=O)O)cc21.O=S(=O)=O. The number of hydrogen-bond donors (Lipinski definition) is 3. The summed E-state index contributed by atoms with van der Waals surface area (Å²) < 4.78 is 161. The maximum Gasteiger partial charge on any atom is 0.425 e. The van der Waals surface area contributed by atoms with E-state index < -0.39 is 83.3 Å². The molecule has 2 aliphatic rings. The zero-order chi connectivity index (χ0) is 50.9. The van der Waals surface area contributed by atoms with Crippen molar-refractivity contribution in [1.29, 1.82) is 0 Å². The zero-order valence-corrected chi connectivity index (χ0v) is 41.9. The molecule has 0 amide bonds. The maximum atomic E-state index is 13.9. The second kappa shape index (κ2) is 20.0. The van der Waals surface area contributed by atoms with Crippen LogP contribution in [0.4, 0.5) is 11.4 Å². The number of hydrogen-bond acceptors (Lipinski definition) is 14. The lowest BCUT2D eigenvalue weighted by Gasteiger charge is -2.27. The molecular weight excluding hydrogens is 987 g/mol. The van der Waals surface area contributed by atoms with Gasteiger partial charge in [-0.3, -0.25) is 13.9 Å². The molecule has 0 radical (unpaired) electrons. The lowest BCUT2D eigenvalue weighted by Crippen LogP contribution is -2.28. The molecule has 0 fully saturated rings. The quantitative estimate of drug-likeness (QED) is 0.0670. The van der Waals surface area contributed by atoms with Crippen molar-refractivity contribution in [3.63, 3.8) is 0 Å². The number of aliphatic carboxylic acids is 1. The van der Waals surface area contributed by atoms with Crippen molar-refractivity contribution in [2.24, 2.45) is 0 Å². The third-order valence-corrected chi connectivity index (χ3v) is 16.3. The minimum Gasteiger partial charge on any atom is -0.748 e. The third-order valence-electron chi connectivity index (χ3n) is 11.8. The van der Waals surface area contributed by atoms with Crippen molar-refractivity contribution in [3.8, 4) is 0 Å². The van der Waals surface area contributed by atoms with E-state index in [0.29, 0.717) is 40.7 Å². The molecule has 19 nitrogen and oxygen atoms in total. The summed E-state index contributed by atoms with van der Waals surface area (Å²) in [6.45, 7) is 10.4. The number of carbonyl (C=O) groups is 1. The number of anilines is 1. The van der Waals surface area contributed by atoms with Crippen LogP contribution in [0.1, 0.15) is 71.4 Å². The molecule has 0 bridgehead atoms. The smallest absolute Gasteiger partial charge is 0.425 e. The van der Waals surface area contributed by atoms with Crippen molar-refractivity contribution in [2.45, 2.75) is 85.8 Å². The van der Waals surface area contributed by atoms with Crippen LogP contribution in [-0.4, -0.2) is 118 Å². The third kappa shape index (κ3) is 11.3. The molecule has 4 aromatic carbocycles. The summed E-state index contributed by atoms with van der Waals surface area (Å²) in [6.07, 6.45) is 9.80. The Bertz CT molecular complexity index is 3410. The number of fused-ring (bicyclic) bond motifs is 6. The normalized spacial score (nSPS) is 16.6. The van der Waals surface area contributed by atoms with Crippen LogP contribution in [0.3, 0.4) is 0 Å². The first-order chi connectivity index (χ1) is 31.4. The van der Waals surface area contributed by atoms with E-state index >= 15 is 0 Å². The standard InChI is InChI=1S/C44H51N3O13S4.O3S/c1-7-23-46-35-22-20-31-33(27-29(63(55,56)57)28-37(31)64(58,59)60)42(35)44(4,5)38(46)16-9-8-10-17-39-43(2,3)41-32-14-11-15-36(62(53,54)45(6)24-12-18-40(48)49)30(32)19-21-34(41)47(39)25-13-26-61(50,51)52;1-4(2)3/h8-11,14-17,19-22,27-28H,7,12-13,18,23-26H2,1-6H3,(H3-,48,49,50,51,52,55,56,57,58,59,60);. The molecule has 0 aromatic heterocycles. The van der Waals surface area contributed by atoms with Gasteiger partial charge in [0.1, 0.15) is 11.4 Å². The van der Waals surface area contributed by atoms with Gasteiger partial charge in [0.05, 0.1) is 25.3 Å².